The van der Waals surface area contributed by atoms with Gasteiger partial charge in [-0.1, -0.05) is 31.2 Å². The lowest BCUT2D eigenvalue weighted by Gasteiger charge is -2.08. The largest absolute Gasteiger partial charge is 0.331 e. The van der Waals surface area contributed by atoms with Gasteiger partial charge in [-0.15, -0.1) is 0 Å². The molecule has 0 unspecified atom stereocenters. The third-order valence-corrected chi connectivity index (χ3v) is 3.69. The van der Waals surface area contributed by atoms with E-state index in [2.05, 4.69) is 11.9 Å². The number of hydrogen-bond acceptors (Lipinski definition) is 2. The Balaban J connectivity index is 2.30. The molecule has 0 aliphatic heterocycles. The van der Waals surface area contributed by atoms with Crippen LogP contribution in [0.3, 0.4) is 0 Å². The van der Waals surface area contributed by atoms with Crippen molar-refractivity contribution >= 4 is 23.1 Å². The summed E-state index contributed by atoms with van der Waals surface area (Å²) in [6, 6.07) is 15.3. The molecule has 0 fully saturated rings. The fourth-order valence-corrected chi connectivity index (χ4v) is 2.58. The summed E-state index contributed by atoms with van der Waals surface area (Å²) in [5.41, 5.74) is 2.70. The van der Waals surface area contributed by atoms with E-state index in [0.29, 0.717) is 10.2 Å². The van der Waals surface area contributed by atoms with Crippen molar-refractivity contribution in [3.8, 4) is 5.69 Å². The molecular weight excluding hydrogens is 268 g/mol. The molecular formula is C16H14N2OS. The molecule has 20 heavy (non-hydrogen) atoms. The van der Waals surface area contributed by atoms with E-state index < -0.39 is 0 Å². The average Bonchev–Trinajstić information content (AvgIpc) is 2.48. The van der Waals surface area contributed by atoms with Gasteiger partial charge in [-0.25, -0.2) is 0 Å². The van der Waals surface area contributed by atoms with E-state index in [0.717, 1.165) is 17.6 Å². The zero-order chi connectivity index (χ0) is 14.1. The summed E-state index contributed by atoms with van der Waals surface area (Å²) in [5, 5.41) is 0.640. The third-order valence-electron chi connectivity index (χ3n) is 3.41. The highest BCUT2D eigenvalue weighted by Crippen LogP contribution is 2.12. The Kier molecular flexibility index (Phi) is 3.24. The van der Waals surface area contributed by atoms with E-state index in [9.17, 15) is 4.79 Å². The summed E-state index contributed by atoms with van der Waals surface area (Å²) in [6.07, 6.45) is 0.972. The molecule has 3 rings (SSSR count). The van der Waals surface area contributed by atoms with Crippen LogP contribution >= 0.6 is 12.2 Å². The van der Waals surface area contributed by atoms with Gasteiger partial charge in [0.25, 0.3) is 5.56 Å². The van der Waals surface area contributed by atoms with Gasteiger partial charge in [0, 0.05) is 0 Å². The number of aromatic amines is 1. The SMILES string of the molecule is CCc1ccc(-n2c(=S)[nH]c3ccccc3c2=O)cc1. The molecule has 3 nitrogen and oxygen atoms in total. The Bertz CT molecular complexity index is 875. The third kappa shape index (κ3) is 2.08. The molecule has 1 heterocycles. The van der Waals surface area contributed by atoms with Crippen LogP contribution in [-0.2, 0) is 6.42 Å². The first-order valence-corrected chi connectivity index (χ1v) is 6.95. The molecule has 0 bridgehead atoms. The van der Waals surface area contributed by atoms with Gasteiger partial charge in [-0.2, -0.15) is 0 Å². The first-order chi connectivity index (χ1) is 9.70. The van der Waals surface area contributed by atoms with Gasteiger partial charge in [-0.05, 0) is 48.5 Å². The minimum absolute atomic E-state index is 0.0893. The maximum atomic E-state index is 12.6. The van der Waals surface area contributed by atoms with Crippen LogP contribution in [0.4, 0.5) is 0 Å². The van der Waals surface area contributed by atoms with Crippen molar-refractivity contribution in [1.29, 1.82) is 0 Å². The molecule has 0 saturated heterocycles. The van der Waals surface area contributed by atoms with Crippen molar-refractivity contribution in [2.45, 2.75) is 13.3 Å². The summed E-state index contributed by atoms with van der Waals surface area (Å²) in [4.78, 5) is 15.7. The fraction of sp³-hybridized carbons (Fsp3) is 0.125. The molecule has 0 radical (unpaired) electrons. The maximum absolute atomic E-state index is 12.6. The second-order valence-electron chi connectivity index (χ2n) is 4.64. The summed E-state index contributed by atoms with van der Waals surface area (Å²) >= 11 is 5.32. The number of aryl methyl sites for hydroxylation is 1. The molecule has 0 spiro atoms. The Morgan fingerprint density at radius 3 is 2.50 bits per heavy atom. The van der Waals surface area contributed by atoms with Crippen molar-refractivity contribution in [2.75, 3.05) is 0 Å². The number of hydrogen-bond donors (Lipinski definition) is 1. The van der Waals surface area contributed by atoms with Gasteiger partial charge >= 0.3 is 0 Å². The van der Waals surface area contributed by atoms with Crippen LogP contribution in [-0.4, -0.2) is 9.55 Å². The molecule has 0 amide bonds. The van der Waals surface area contributed by atoms with Gasteiger partial charge < -0.3 is 4.98 Å². The van der Waals surface area contributed by atoms with E-state index in [1.54, 1.807) is 6.07 Å². The number of aromatic nitrogens is 2. The first-order valence-electron chi connectivity index (χ1n) is 6.54. The maximum Gasteiger partial charge on any atom is 0.266 e. The van der Waals surface area contributed by atoms with Crippen molar-refractivity contribution < 1.29 is 0 Å². The second kappa shape index (κ2) is 5.06. The highest BCUT2D eigenvalue weighted by atomic mass is 32.1. The lowest BCUT2D eigenvalue weighted by Crippen LogP contribution is -2.20. The number of para-hydroxylation sites is 1. The predicted molar refractivity (Wildman–Crippen MR) is 84.1 cm³/mol. The zero-order valence-electron chi connectivity index (χ0n) is 11.1. The Morgan fingerprint density at radius 1 is 1.10 bits per heavy atom. The second-order valence-corrected chi connectivity index (χ2v) is 5.02. The number of fused-ring (bicyclic) bond motifs is 1. The topological polar surface area (TPSA) is 37.8 Å². The number of nitrogens with one attached hydrogen (secondary N) is 1. The lowest BCUT2D eigenvalue weighted by atomic mass is 10.1. The molecule has 0 saturated carbocycles. The van der Waals surface area contributed by atoms with E-state index >= 15 is 0 Å². The van der Waals surface area contributed by atoms with E-state index in [1.807, 2.05) is 42.5 Å². The van der Waals surface area contributed by atoms with Gasteiger partial charge in [0.15, 0.2) is 4.77 Å². The summed E-state index contributed by atoms with van der Waals surface area (Å²) in [6.45, 7) is 2.10. The van der Waals surface area contributed by atoms with Crippen molar-refractivity contribution in [3.05, 3.63) is 69.2 Å². The molecule has 1 aromatic heterocycles. The fourth-order valence-electron chi connectivity index (χ4n) is 2.28. The molecule has 2 aromatic carbocycles. The van der Waals surface area contributed by atoms with Gasteiger partial charge in [0.2, 0.25) is 0 Å². The van der Waals surface area contributed by atoms with Crippen LogP contribution in [0.2, 0.25) is 0 Å². The smallest absolute Gasteiger partial charge is 0.266 e. The lowest BCUT2D eigenvalue weighted by molar-refractivity contribution is 0.938. The molecule has 4 heteroatoms. The van der Waals surface area contributed by atoms with Crippen molar-refractivity contribution in [3.63, 3.8) is 0 Å². The van der Waals surface area contributed by atoms with Crippen LogP contribution in [0.25, 0.3) is 16.6 Å². The van der Waals surface area contributed by atoms with Crippen LogP contribution in [0.15, 0.2) is 53.3 Å². The molecule has 0 atom stereocenters. The molecule has 1 N–H and O–H groups in total. The minimum atomic E-state index is -0.0893. The molecule has 0 aliphatic rings. The number of H-pyrrole nitrogens is 1. The standard InChI is InChI=1S/C16H14N2OS/c1-2-11-7-9-12(10-8-11)18-15(19)13-5-3-4-6-14(13)17-16(18)20/h3-10H,2H2,1H3,(H,17,20). The Labute approximate surface area is 121 Å². The summed E-state index contributed by atoms with van der Waals surface area (Å²) in [7, 11) is 0. The van der Waals surface area contributed by atoms with E-state index in [4.69, 9.17) is 12.2 Å². The minimum Gasteiger partial charge on any atom is -0.331 e. The number of benzene rings is 2. The summed E-state index contributed by atoms with van der Waals surface area (Å²) in [5.74, 6) is 0. The molecule has 100 valence electrons. The average molecular weight is 282 g/mol. The Morgan fingerprint density at radius 2 is 1.80 bits per heavy atom. The molecule has 3 aromatic rings. The normalized spacial score (nSPS) is 10.8. The zero-order valence-corrected chi connectivity index (χ0v) is 11.9. The van der Waals surface area contributed by atoms with Crippen LogP contribution in [0.5, 0.6) is 0 Å². The summed E-state index contributed by atoms with van der Waals surface area (Å²) < 4.78 is 1.95. The first kappa shape index (κ1) is 12.8. The van der Waals surface area contributed by atoms with Gasteiger partial charge in [0.05, 0.1) is 16.6 Å². The van der Waals surface area contributed by atoms with Crippen molar-refractivity contribution in [2.24, 2.45) is 0 Å². The van der Waals surface area contributed by atoms with E-state index in [1.165, 1.54) is 10.1 Å². The molecule has 0 aliphatic carbocycles. The van der Waals surface area contributed by atoms with Crippen LogP contribution in [0.1, 0.15) is 12.5 Å². The highest BCUT2D eigenvalue weighted by molar-refractivity contribution is 7.71. The van der Waals surface area contributed by atoms with Crippen LogP contribution in [0, 0.1) is 4.77 Å². The monoisotopic (exact) mass is 282 g/mol. The van der Waals surface area contributed by atoms with Crippen molar-refractivity contribution in [1.82, 2.24) is 9.55 Å². The predicted octanol–water partition coefficient (Wildman–Crippen LogP) is 3.61. The van der Waals surface area contributed by atoms with Crippen LogP contribution < -0.4 is 5.56 Å². The highest BCUT2D eigenvalue weighted by Gasteiger charge is 2.06. The van der Waals surface area contributed by atoms with E-state index in [-0.39, 0.29) is 5.56 Å². The number of rotatable bonds is 2. The Hall–Kier alpha value is -2.20. The quantitative estimate of drug-likeness (QED) is 0.729. The number of nitrogens with zero attached hydrogens (tertiary/aromatic N) is 1. The van der Waals surface area contributed by atoms with Gasteiger partial charge in [-0.3, -0.25) is 9.36 Å². The van der Waals surface area contributed by atoms with Gasteiger partial charge in [0.1, 0.15) is 0 Å².